The van der Waals surface area contributed by atoms with Crippen molar-refractivity contribution in [2.24, 2.45) is 0 Å². The van der Waals surface area contributed by atoms with Gasteiger partial charge in [0.2, 0.25) is 0 Å². The van der Waals surface area contributed by atoms with E-state index in [0.717, 1.165) is 0 Å². The van der Waals surface area contributed by atoms with Crippen molar-refractivity contribution in [2.75, 3.05) is 11.8 Å². The van der Waals surface area contributed by atoms with Crippen molar-refractivity contribution in [3.05, 3.63) is 23.0 Å². The van der Waals surface area contributed by atoms with Crippen LogP contribution >= 0.6 is 23.2 Å². The highest BCUT2D eigenvalue weighted by Gasteiger charge is 2.29. The summed E-state index contributed by atoms with van der Waals surface area (Å²) in [5.41, 5.74) is 1.22. The molecule has 1 N–H and O–H groups in total. The summed E-state index contributed by atoms with van der Waals surface area (Å²) in [6, 6.07) is 1.71. The van der Waals surface area contributed by atoms with Crippen molar-refractivity contribution in [1.82, 2.24) is 15.5 Å². The second kappa shape index (κ2) is 6.34. The Morgan fingerprint density at radius 1 is 1.33 bits per heavy atom. The van der Waals surface area contributed by atoms with E-state index >= 15 is 0 Å². The Labute approximate surface area is 117 Å². The molecule has 0 bridgehead atoms. The Kier molecular flexibility index (Phi) is 5.35. The topological polar surface area (TPSA) is 54.9 Å². The fraction of sp³-hybridized carbons (Fsp3) is 0.583. The molecule has 0 spiro atoms. The lowest BCUT2D eigenvalue weighted by Crippen LogP contribution is -2.51. The lowest BCUT2D eigenvalue weighted by atomic mass is 10.0. The quantitative estimate of drug-likeness (QED) is 0.847. The van der Waals surface area contributed by atoms with Gasteiger partial charge in [-0.2, -0.15) is 10.2 Å². The molecule has 0 aromatic carbocycles. The smallest absolute Gasteiger partial charge is 0.253 e. The second-order valence-corrected chi connectivity index (χ2v) is 4.87. The number of amides is 1. The van der Waals surface area contributed by atoms with Crippen molar-refractivity contribution in [2.45, 2.75) is 32.7 Å². The van der Waals surface area contributed by atoms with Gasteiger partial charge in [0.1, 0.15) is 0 Å². The molecule has 6 heteroatoms. The summed E-state index contributed by atoms with van der Waals surface area (Å²) in [5, 5.41) is 10.7. The molecule has 0 aliphatic carbocycles. The molecule has 1 aromatic rings. The van der Waals surface area contributed by atoms with Gasteiger partial charge >= 0.3 is 0 Å². The third-order valence-electron chi connectivity index (χ3n) is 2.91. The Bertz CT molecular complexity index is 425. The Morgan fingerprint density at radius 3 is 2.44 bits per heavy atom. The molecule has 1 heterocycles. The van der Waals surface area contributed by atoms with E-state index in [2.05, 4.69) is 15.5 Å². The van der Waals surface area contributed by atoms with Gasteiger partial charge in [-0.15, -0.1) is 23.2 Å². The van der Waals surface area contributed by atoms with Gasteiger partial charge in [-0.3, -0.25) is 4.79 Å². The number of nitrogens with one attached hydrogen (secondary N) is 1. The van der Waals surface area contributed by atoms with Crippen LogP contribution in [0, 0.1) is 13.8 Å². The van der Waals surface area contributed by atoms with E-state index in [1.165, 1.54) is 0 Å². The first-order valence-corrected chi connectivity index (χ1v) is 6.80. The number of carbonyl (C=O) groups excluding carboxylic acids is 1. The fourth-order valence-corrected chi connectivity index (χ4v) is 2.27. The van der Waals surface area contributed by atoms with E-state index in [1.54, 1.807) is 19.9 Å². The normalized spacial score (nSPS) is 11.4. The predicted octanol–water partition coefficient (Wildman–Crippen LogP) is 2.45. The number of hydrogen-bond acceptors (Lipinski definition) is 3. The van der Waals surface area contributed by atoms with Gasteiger partial charge in [0.15, 0.2) is 0 Å². The number of halogens is 2. The van der Waals surface area contributed by atoms with Gasteiger partial charge < -0.3 is 5.32 Å². The molecule has 0 aliphatic rings. The average molecular weight is 290 g/mol. The van der Waals surface area contributed by atoms with Crippen LogP contribution in [0.25, 0.3) is 0 Å². The van der Waals surface area contributed by atoms with Crippen LogP contribution in [0.2, 0.25) is 0 Å². The van der Waals surface area contributed by atoms with E-state index in [0.29, 0.717) is 23.4 Å². The number of aryl methyl sites for hydroxylation is 2. The Hall–Kier alpha value is -0.870. The highest BCUT2D eigenvalue weighted by molar-refractivity contribution is 6.22. The molecule has 0 saturated carbocycles. The molecular formula is C12H17Cl2N3O. The average Bonchev–Trinajstić information content (AvgIpc) is 2.38. The summed E-state index contributed by atoms with van der Waals surface area (Å²) in [7, 11) is 0. The molecule has 0 saturated heterocycles. The first kappa shape index (κ1) is 15.2. The van der Waals surface area contributed by atoms with Crippen LogP contribution < -0.4 is 5.32 Å². The van der Waals surface area contributed by atoms with E-state index in [9.17, 15) is 4.79 Å². The first-order chi connectivity index (χ1) is 8.48. The molecule has 0 unspecified atom stereocenters. The minimum absolute atomic E-state index is 0.214. The van der Waals surface area contributed by atoms with Crippen molar-refractivity contribution in [1.29, 1.82) is 0 Å². The number of carbonyl (C=O) groups is 1. The standard InChI is InChI=1S/C12H17Cl2N3O/c1-4-12(6-13,7-14)15-11(18)10-5-8(2)16-17-9(10)3/h5H,4,6-7H2,1-3H3,(H,15,18). The summed E-state index contributed by atoms with van der Waals surface area (Å²) in [6.45, 7) is 5.48. The third-order valence-corrected chi connectivity index (χ3v) is 3.94. The summed E-state index contributed by atoms with van der Waals surface area (Å²) in [4.78, 5) is 12.2. The maximum absolute atomic E-state index is 12.2. The van der Waals surface area contributed by atoms with Crippen molar-refractivity contribution < 1.29 is 4.79 Å². The van der Waals surface area contributed by atoms with Crippen molar-refractivity contribution in [3.8, 4) is 0 Å². The molecule has 0 atom stereocenters. The highest BCUT2D eigenvalue weighted by atomic mass is 35.5. The van der Waals surface area contributed by atoms with E-state index in [-0.39, 0.29) is 17.7 Å². The number of aromatic nitrogens is 2. The summed E-state index contributed by atoms with van der Waals surface area (Å²) < 4.78 is 0. The van der Waals surface area contributed by atoms with Gasteiger partial charge in [-0.25, -0.2) is 0 Å². The van der Waals surface area contributed by atoms with Crippen LogP contribution in [-0.2, 0) is 0 Å². The molecule has 18 heavy (non-hydrogen) atoms. The number of rotatable bonds is 5. The highest BCUT2D eigenvalue weighted by Crippen LogP contribution is 2.16. The lowest BCUT2D eigenvalue weighted by molar-refractivity contribution is 0.0912. The minimum atomic E-state index is -0.580. The molecule has 1 aromatic heterocycles. The molecule has 0 fully saturated rings. The number of alkyl halides is 2. The molecule has 100 valence electrons. The zero-order valence-corrected chi connectivity index (χ0v) is 12.3. The molecule has 0 aliphatic heterocycles. The maximum atomic E-state index is 12.2. The first-order valence-electron chi connectivity index (χ1n) is 5.73. The predicted molar refractivity (Wildman–Crippen MR) is 73.4 cm³/mol. The van der Waals surface area contributed by atoms with Crippen LogP contribution in [0.5, 0.6) is 0 Å². The molecule has 0 radical (unpaired) electrons. The van der Waals surface area contributed by atoms with Crippen molar-refractivity contribution >= 4 is 29.1 Å². The van der Waals surface area contributed by atoms with Gasteiger partial charge in [-0.05, 0) is 26.3 Å². The maximum Gasteiger partial charge on any atom is 0.253 e. The van der Waals surface area contributed by atoms with E-state index < -0.39 is 5.54 Å². The molecular weight excluding hydrogens is 273 g/mol. The van der Waals surface area contributed by atoms with Crippen LogP contribution in [0.15, 0.2) is 6.07 Å². The minimum Gasteiger partial charge on any atom is -0.344 e. The number of nitrogens with zero attached hydrogens (tertiary/aromatic N) is 2. The van der Waals surface area contributed by atoms with Gasteiger partial charge in [-0.1, -0.05) is 6.92 Å². The third kappa shape index (κ3) is 3.33. The molecule has 1 rings (SSSR count). The monoisotopic (exact) mass is 289 g/mol. The molecule has 4 nitrogen and oxygen atoms in total. The summed E-state index contributed by atoms with van der Waals surface area (Å²) in [5.74, 6) is 0.332. The summed E-state index contributed by atoms with van der Waals surface area (Å²) in [6.07, 6.45) is 0.669. The Balaban J connectivity index is 2.97. The lowest BCUT2D eigenvalue weighted by Gasteiger charge is -2.29. The summed E-state index contributed by atoms with van der Waals surface area (Å²) >= 11 is 11.8. The fourth-order valence-electron chi connectivity index (χ4n) is 1.47. The van der Waals surface area contributed by atoms with Gasteiger partial charge in [0, 0.05) is 11.8 Å². The van der Waals surface area contributed by atoms with Crippen LogP contribution in [0.4, 0.5) is 0 Å². The largest absolute Gasteiger partial charge is 0.344 e. The zero-order valence-electron chi connectivity index (χ0n) is 10.8. The van der Waals surface area contributed by atoms with Crippen LogP contribution in [0.1, 0.15) is 35.1 Å². The number of hydrogen-bond donors (Lipinski definition) is 1. The Morgan fingerprint density at radius 2 is 1.94 bits per heavy atom. The molecule has 1 amide bonds. The van der Waals surface area contributed by atoms with E-state index in [4.69, 9.17) is 23.2 Å². The van der Waals surface area contributed by atoms with Crippen molar-refractivity contribution in [3.63, 3.8) is 0 Å². The van der Waals surface area contributed by atoms with Gasteiger partial charge in [0.25, 0.3) is 5.91 Å². The van der Waals surface area contributed by atoms with Crippen LogP contribution in [0.3, 0.4) is 0 Å². The second-order valence-electron chi connectivity index (χ2n) is 4.34. The zero-order chi connectivity index (χ0) is 13.8. The van der Waals surface area contributed by atoms with Crippen LogP contribution in [-0.4, -0.2) is 33.4 Å². The van der Waals surface area contributed by atoms with E-state index in [1.807, 2.05) is 6.92 Å². The SMILES string of the molecule is CCC(CCl)(CCl)NC(=O)c1cc(C)nnc1C. The van der Waals surface area contributed by atoms with Gasteiger partial charge in [0.05, 0.1) is 22.5 Å².